The lowest BCUT2D eigenvalue weighted by Crippen LogP contribution is -2.49. The standard InChI is InChI=1S/C8H17NO2/c1-6-4-7(10-2)8(11-3)9-5-6/h6-9H,4-5H2,1-3H3. The predicted molar refractivity (Wildman–Crippen MR) is 43.4 cm³/mol. The highest BCUT2D eigenvalue weighted by Crippen LogP contribution is 2.16. The van der Waals surface area contributed by atoms with E-state index in [1.807, 2.05) is 0 Å². The van der Waals surface area contributed by atoms with Gasteiger partial charge in [-0.15, -0.1) is 0 Å². The summed E-state index contributed by atoms with van der Waals surface area (Å²) in [6.07, 6.45) is 1.38. The molecular weight excluding hydrogens is 142 g/mol. The number of rotatable bonds is 2. The Labute approximate surface area is 68.1 Å². The smallest absolute Gasteiger partial charge is 0.134 e. The summed E-state index contributed by atoms with van der Waals surface area (Å²) in [4.78, 5) is 0. The zero-order chi connectivity index (χ0) is 8.27. The molecule has 0 bridgehead atoms. The quantitative estimate of drug-likeness (QED) is 0.640. The fourth-order valence-electron chi connectivity index (χ4n) is 1.51. The van der Waals surface area contributed by atoms with Gasteiger partial charge in [-0.2, -0.15) is 0 Å². The van der Waals surface area contributed by atoms with Crippen LogP contribution in [0.1, 0.15) is 13.3 Å². The van der Waals surface area contributed by atoms with Crippen LogP contribution >= 0.6 is 0 Å². The van der Waals surface area contributed by atoms with Crippen molar-refractivity contribution in [3.63, 3.8) is 0 Å². The lowest BCUT2D eigenvalue weighted by atomic mass is 9.98. The third-order valence-electron chi connectivity index (χ3n) is 2.20. The number of hydrogen-bond acceptors (Lipinski definition) is 3. The molecule has 0 aromatic heterocycles. The monoisotopic (exact) mass is 159 g/mol. The first-order chi connectivity index (χ1) is 5.27. The molecule has 3 nitrogen and oxygen atoms in total. The van der Waals surface area contributed by atoms with Crippen molar-refractivity contribution in [1.82, 2.24) is 5.32 Å². The SMILES string of the molecule is COC1CC(C)CNC1OC. The fourth-order valence-corrected chi connectivity index (χ4v) is 1.51. The molecular formula is C8H17NO2. The van der Waals surface area contributed by atoms with Gasteiger partial charge < -0.3 is 9.47 Å². The molecule has 11 heavy (non-hydrogen) atoms. The number of methoxy groups -OCH3 is 2. The maximum absolute atomic E-state index is 5.28. The van der Waals surface area contributed by atoms with Crippen molar-refractivity contribution in [3.05, 3.63) is 0 Å². The minimum atomic E-state index is 0.0798. The van der Waals surface area contributed by atoms with E-state index in [1.165, 1.54) is 0 Å². The van der Waals surface area contributed by atoms with Gasteiger partial charge in [0.05, 0.1) is 6.10 Å². The van der Waals surface area contributed by atoms with Crippen LogP contribution in [0.2, 0.25) is 0 Å². The van der Waals surface area contributed by atoms with Gasteiger partial charge in [0.15, 0.2) is 0 Å². The minimum Gasteiger partial charge on any atom is -0.377 e. The predicted octanol–water partition coefficient (Wildman–Crippen LogP) is 0.603. The molecule has 3 unspecified atom stereocenters. The number of ether oxygens (including phenoxy) is 2. The lowest BCUT2D eigenvalue weighted by Gasteiger charge is -2.33. The number of hydrogen-bond donors (Lipinski definition) is 1. The molecule has 0 amide bonds. The molecule has 3 atom stereocenters. The van der Waals surface area contributed by atoms with E-state index in [4.69, 9.17) is 9.47 Å². The van der Waals surface area contributed by atoms with Gasteiger partial charge in [-0.3, -0.25) is 5.32 Å². The summed E-state index contributed by atoms with van der Waals surface area (Å²) in [5.74, 6) is 0.686. The van der Waals surface area contributed by atoms with Gasteiger partial charge in [0.2, 0.25) is 0 Å². The van der Waals surface area contributed by atoms with Gasteiger partial charge in [-0.25, -0.2) is 0 Å². The normalized spacial score (nSPS) is 39.0. The molecule has 1 aliphatic rings. The van der Waals surface area contributed by atoms with E-state index in [1.54, 1.807) is 14.2 Å². The van der Waals surface area contributed by atoms with Crippen LogP contribution in [-0.2, 0) is 9.47 Å². The lowest BCUT2D eigenvalue weighted by molar-refractivity contribution is -0.0796. The Kier molecular flexibility index (Phi) is 3.30. The largest absolute Gasteiger partial charge is 0.377 e. The molecule has 66 valence electrons. The van der Waals surface area contributed by atoms with Gasteiger partial charge in [0.1, 0.15) is 6.23 Å². The first kappa shape index (κ1) is 8.97. The van der Waals surface area contributed by atoms with E-state index in [0.717, 1.165) is 13.0 Å². The van der Waals surface area contributed by atoms with Crippen molar-refractivity contribution in [2.45, 2.75) is 25.7 Å². The highest BCUT2D eigenvalue weighted by atomic mass is 16.5. The summed E-state index contributed by atoms with van der Waals surface area (Å²) in [5.41, 5.74) is 0. The van der Waals surface area contributed by atoms with Gasteiger partial charge in [0.25, 0.3) is 0 Å². The fraction of sp³-hybridized carbons (Fsp3) is 1.00. The molecule has 0 aromatic carbocycles. The Morgan fingerprint density at radius 2 is 2.00 bits per heavy atom. The molecule has 0 radical (unpaired) electrons. The molecule has 0 saturated carbocycles. The van der Waals surface area contributed by atoms with Crippen LogP contribution in [0.25, 0.3) is 0 Å². The van der Waals surface area contributed by atoms with Crippen molar-refractivity contribution in [1.29, 1.82) is 0 Å². The van der Waals surface area contributed by atoms with Crippen molar-refractivity contribution in [2.75, 3.05) is 20.8 Å². The van der Waals surface area contributed by atoms with E-state index in [0.29, 0.717) is 5.92 Å². The molecule has 1 saturated heterocycles. The van der Waals surface area contributed by atoms with E-state index in [9.17, 15) is 0 Å². The maximum atomic E-state index is 5.28. The molecule has 3 heteroatoms. The number of nitrogens with one attached hydrogen (secondary N) is 1. The van der Waals surface area contributed by atoms with Gasteiger partial charge in [-0.1, -0.05) is 6.92 Å². The third kappa shape index (κ3) is 2.15. The average Bonchev–Trinajstić information content (AvgIpc) is 2.04. The summed E-state index contributed by atoms with van der Waals surface area (Å²) >= 11 is 0. The van der Waals surface area contributed by atoms with Crippen LogP contribution < -0.4 is 5.32 Å². The summed E-state index contributed by atoms with van der Waals surface area (Å²) in [7, 11) is 3.44. The van der Waals surface area contributed by atoms with Crippen molar-refractivity contribution in [2.24, 2.45) is 5.92 Å². The zero-order valence-electron chi connectivity index (χ0n) is 7.46. The molecule has 1 rings (SSSR count). The van der Waals surface area contributed by atoms with Crippen LogP contribution in [-0.4, -0.2) is 33.1 Å². The molecule has 0 aliphatic carbocycles. The van der Waals surface area contributed by atoms with Crippen LogP contribution in [0.5, 0.6) is 0 Å². The topological polar surface area (TPSA) is 30.5 Å². The Hall–Kier alpha value is -0.120. The summed E-state index contributed by atoms with van der Waals surface area (Å²) in [6, 6.07) is 0. The van der Waals surface area contributed by atoms with Crippen LogP contribution in [0.3, 0.4) is 0 Å². The van der Waals surface area contributed by atoms with Crippen LogP contribution in [0, 0.1) is 5.92 Å². The Morgan fingerprint density at radius 1 is 1.27 bits per heavy atom. The Morgan fingerprint density at radius 3 is 2.55 bits per heavy atom. The van der Waals surface area contributed by atoms with Crippen molar-refractivity contribution >= 4 is 0 Å². The van der Waals surface area contributed by atoms with Gasteiger partial charge >= 0.3 is 0 Å². The second-order valence-electron chi connectivity index (χ2n) is 3.18. The van der Waals surface area contributed by atoms with E-state index >= 15 is 0 Å². The van der Waals surface area contributed by atoms with Crippen molar-refractivity contribution < 1.29 is 9.47 Å². The third-order valence-corrected chi connectivity index (χ3v) is 2.20. The molecule has 1 N–H and O–H groups in total. The maximum Gasteiger partial charge on any atom is 0.134 e. The van der Waals surface area contributed by atoms with E-state index < -0.39 is 0 Å². The summed E-state index contributed by atoms with van der Waals surface area (Å²) in [6.45, 7) is 3.24. The summed E-state index contributed by atoms with van der Waals surface area (Å²) < 4.78 is 10.5. The second kappa shape index (κ2) is 4.04. The minimum absolute atomic E-state index is 0.0798. The molecule has 0 aromatic rings. The van der Waals surface area contributed by atoms with Crippen LogP contribution in [0.15, 0.2) is 0 Å². The molecule has 1 heterocycles. The molecule has 1 fully saturated rings. The highest BCUT2D eigenvalue weighted by molar-refractivity contribution is 4.78. The zero-order valence-corrected chi connectivity index (χ0v) is 7.46. The summed E-state index contributed by atoms with van der Waals surface area (Å²) in [5, 5.41) is 3.27. The first-order valence-electron chi connectivity index (χ1n) is 4.07. The molecule has 1 aliphatic heterocycles. The molecule has 0 spiro atoms. The van der Waals surface area contributed by atoms with Crippen molar-refractivity contribution in [3.8, 4) is 0 Å². The first-order valence-corrected chi connectivity index (χ1v) is 4.07. The van der Waals surface area contributed by atoms with E-state index in [2.05, 4.69) is 12.2 Å². The average molecular weight is 159 g/mol. The number of piperidine rings is 1. The van der Waals surface area contributed by atoms with Gasteiger partial charge in [0, 0.05) is 20.8 Å². The van der Waals surface area contributed by atoms with E-state index in [-0.39, 0.29) is 12.3 Å². The Balaban J connectivity index is 2.41. The second-order valence-corrected chi connectivity index (χ2v) is 3.18. The van der Waals surface area contributed by atoms with Gasteiger partial charge in [-0.05, 0) is 12.3 Å². The Bertz CT molecular complexity index is 119. The van der Waals surface area contributed by atoms with Crippen LogP contribution in [0.4, 0.5) is 0 Å². The highest BCUT2D eigenvalue weighted by Gasteiger charge is 2.27.